The number of morpholine rings is 1. The minimum atomic E-state index is -0.368. The average Bonchev–Trinajstić information content (AvgIpc) is 2.81. The van der Waals surface area contributed by atoms with Crippen LogP contribution in [0.1, 0.15) is 6.42 Å². The predicted molar refractivity (Wildman–Crippen MR) is 87.8 cm³/mol. The molecule has 0 bridgehead atoms. The number of hydrogen-bond acceptors (Lipinski definition) is 5. The maximum atomic E-state index is 12.1. The number of anilines is 2. The normalized spacial score (nSPS) is 21.3. The summed E-state index contributed by atoms with van der Waals surface area (Å²) in [7, 11) is 1.57. The number of imide groups is 1. The molecule has 2 heterocycles. The number of nitrogens with one attached hydrogen (secondary N) is 2. The molecule has 4 amide bonds. The molecule has 1 atom stereocenters. The van der Waals surface area contributed by atoms with Crippen LogP contribution in [0, 0.1) is 0 Å². The van der Waals surface area contributed by atoms with Gasteiger partial charge in [0.2, 0.25) is 5.91 Å². The summed E-state index contributed by atoms with van der Waals surface area (Å²) < 4.78 is 5.32. The van der Waals surface area contributed by atoms with Crippen molar-refractivity contribution in [3.63, 3.8) is 0 Å². The molecule has 8 nitrogen and oxygen atoms in total. The van der Waals surface area contributed by atoms with E-state index in [9.17, 15) is 14.4 Å². The first kappa shape index (κ1) is 16.4. The van der Waals surface area contributed by atoms with Crippen LogP contribution < -0.4 is 15.5 Å². The summed E-state index contributed by atoms with van der Waals surface area (Å²) in [6.45, 7) is 1.96. The van der Waals surface area contributed by atoms with Crippen molar-refractivity contribution < 1.29 is 19.1 Å². The minimum Gasteiger partial charge on any atom is -0.378 e. The average molecular weight is 332 g/mol. The van der Waals surface area contributed by atoms with Crippen LogP contribution in [0.3, 0.4) is 0 Å². The van der Waals surface area contributed by atoms with Crippen LogP contribution in [0.4, 0.5) is 16.2 Å². The number of hydrogen-bond donors (Lipinski definition) is 2. The van der Waals surface area contributed by atoms with Crippen LogP contribution in [0.15, 0.2) is 24.3 Å². The van der Waals surface area contributed by atoms with Crippen molar-refractivity contribution in [3.05, 3.63) is 24.3 Å². The van der Waals surface area contributed by atoms with Gasteiger partial charge in [-0.25, -0.2) is 9.69 Å². The Bertz CT molecular complexity index is 657. The Kier molecular flexibility index (Phi) is 4.77. The summed E-state index contributed by atoms with van der Waals surface area (Å²) in [5, 5.41) is 6.02. The van der Waals surface area contributed by atoms with Crippen molar-refractivity contribution in [3.8, 4) is 0 Å². The zero-order valence-corrected chi connectivity index (χ0v) is 13.4. The highest BCUT2D eigenvalue weighted by atomic mass is 16.5. The molecule has 3 rings (SSSR count). The van der Waals surface area contributed by atoms with Crippen molar-refractivity contribution in [1.82, 2.24) is 10.2 Å². The summed E-state index contributed by atoms with van der Waals surface area (Å²) in [6.07, 6.45) is 0.300. The standard InChI is InChI=1S/C16H20N4O4/c1-19-9-15(22)20(16(19)23)13-4-2-3-11(7-13)18-14(21)8-12-10-24-6-5-17-12/h2-4,7,12,17H,5-6,8-10H2,1H3,(H,18,21)/t12-/m1/s1. The number of carbonyl (C=O) groups is 3. The van der Waals surface area contributed by atoms with Crippen LogP contribution in [0.5, 0.6) is 0 Å². The number of nitrogens with zero attached hydrogens (tertiary/aromatic N) is 2. The molecule has 24 heavy (non-hydrogen) atoms. The van der Waals surface area contributed by atoms with Gasteiger partial charge in [-0.15, -0.1) is 0 Å². The molecule has 0 aromatic heterocycles. The van der Waals surface area contributed by atoms with Gasteiger partial charge in [0.15, 0.2) is 0 Å². The molecule has 0 unspecified atom stereocenters. The van der Waals surface area contributed by atoms with E-state index in [0.717, 1.165) is 11.4 Å². The summed E-state index contributed by atoms with van der Waals surface area (Å²) in [4.78, 5) is 38.6. The molecule has 0 saturated carbocycles. The second-order valence-electron chi connectivity index (χ2n) is 5.90. The SMILES string of the molecule is CN1CC(=O)N(c2cccc(NC(=O)C[C@@H]3COCCN3)c2)C1=O. The van der Waals surface area contributed by atoms with Crippen molar-refractivity contribution >= 4 is 29.2 Å². The Morgan fingerprint density at radius 2 is 2.25 bits per heavy atom. The molecule has 1 aromatic rings. The van der Waals surface area contributed by atoms with E-state index in [0.29, 0.717) is 31.0 Å². The molecule has 1 aromatic carbocycles. The second-order valence-corrected chi connectivity index (χ2v) is 5.90. The number of amides is 4. The number of ether oxygens (including phenoxy) is 1. The first-order valence-corrected chi connectivity index (χ1v) is 7.83. The highest BCUT2D eigenvalue weighted by molar-refractivity contribution is 6.19. The Morgan fingerprint density at radius 3 is 2.92 bits per heavy atom. The molecular formula is C16H20N4O4. The Labute approximate surface area is 139 Å². The third-order valence-corrected chi connectivity index (χ3v) is 3.96. The van der Waals surface area contributed by atoms with Gasteiger partial charge in [-0.05, 0) is 18.2 Å². The van der Waals surface area contributed by atoms with Crippen molar-refractivity contribution in [2.45, 2.75) is 12.5 Å². The van der Waals surface area contributed by atoms with Gasteiger partial charge in [-0.1, -0.05) is 6.07 Å². The van der Waals surface area contributed by atoms with Crippen LogP contribution in [0.25, 0.3) is 0 Å². The summed E-state index contributed by atoms with van der Waals surface area (Å²) in [5.74, 6) is -0.430. The molecule has 2 N–H and O–H groups in total. The monoisotopic (exact) mass is 332 g/mol. The number of benzene rings is 1. The van der Waals surface area contributed by atoms with Gasteiger partial charge in [-0.2, -0.15) is 0 Å². The molecule has 2 fully saturated rings. The maximum absolute atomic E-state index is 12.1. The van der Waals surface area contributed by atoms with E-state index >= 15 is 0 Å². The largest absolute Gasteiger partial charge is 0.378 e. The van der Waals surface area contributed by atoms with E-state index in [4.69, 9.17) is 4.74 Å². The van der Waals surface area contributed by atoms with E-state index in [-0.39, 0.29) is 30.4 Å². The number of rotatable bonds is 4. The highest BCUT2D eigenvalue weighted by Gasteiger charge is 2.34. The fourth-order valence-electron chi connectivity index (χ4n) is 2.78. The van der Waals surface area contributed by atoms with Crippen molar-refractivity contribution in [2.24, 2.45) is 0 Å². The summed E-state index contributed by atoms with van der Waals surface area (Å²) in [6, 6.07) is 6.34. The maximum Gasteiger partial charge on any atom is 0.331 e. The lowest BCUT2D eigenvalue weighted by Crippen LogP contribution is -2.43. The Morgan fingerprint density at radius 1 is 1.42 bits per heavy atom. The van der Waals surface area contributed by atoms with Gasteiger partial charge in [0.1, 0.15) is 6.54 Å². The van der Waals surface area contributed by atoms with Gasteiger partial charge in [0.05, 0.1) is 18.9 Å². The van der Waals surface area contributed by atoms with Crippen molar-refractivity contribution in [1.29, 1.82) is 0 Å². The predicted octanol–water partition coefficient (Wildman–Crippen LogP) is 0.402. The molecule has 0 radical (unpaired) electrons. The fraction of sp³-hybridized carbons (Fsp3) is 0.438. The lowest BCUT2D eigenvalue weighted by molar-refractivity contribution is -0.117. The molecular weight excluding hydrogens is 312 g/mol. The fourth-order valence-corrected chi connectivity index (χ4v) is 2.78. The Balaban J connectivity index is 1.66. The quantitative estimate of drug-likeness (QED) is 0.779. The van der Waals surface area contributed by atoms with Gasteiger partial charge in [0, 0.05) is 31.7 Å². The van der Waals surface area contributed by atoms with Gasteiger partial charge >= 0.3 is 6.03 Å². The van der Waals surface area contributed by atoms with Gasteiger partial charge in [0.25, 0.3) is 5.91 Å². The first-order chi connectivity index (χ1) is 11.5. The van der Waals surface area contributed by atoms with E-state index in [1.54, 1.807) is 31.3 Å². The summed E-state index contributed by atoms with van der Waals surface area (Å²) in [5.41, 5.74) is 0.996. The van der Waals surface area contributed by atoms with Crippen LogP contribution in [-0.2, 0) is 14.3 Å². The molecule has 2 aliphatic heterocycles. The lowest BCUT2D eigenvalue weighted by atomic mass is 10.2. The second kappa shape index (κ2) is 6.98. The zero-order chi connectivity index (χ0) is 17.1. The molecule has 8 heteroatoms. The molecule has 2 saturated heterocycles. The molecule has 2 aliphatic rings. The number of carbonyl (C=O) groups excluding carboxylic acids is 3. The lowest BCUT2D eigenvalue weighted by Gasteiger charge is -2.23. The van der Waals surface area contributed by atoms with E-state index in [1.807, 2.05) is 0 Å². The van der Waals surface area contributed by atoms with E-state index in [1.165, 1.54) is 4.90 Å². The molecule has 0 aliphatic carbocycles. The third kappa shape index (κ3) is 3.55. The van der Waals surface area contributed by atoms with Crippen LogP contribution >= 0.6 is 0 Å². The highest BCUT2D eigenvalue weighted by Crippen LogP contribution is 2.24. The van der Waals surface area contributed by atoms with Crippen LogP contribution in [0.2, 0.25) is 0 Å². The van der Waals surface area contributed by atoms with Gasteiger partial charge < -0.3 is 20.3 Å². The smallest absolute Gasteiger partial charge is 0.331 e. The summed E-state index contributed by atoms with van der Waals surface area (Å²) >= 11 is 0. The number of urea groups is 1. The topological polar surface area (TPSA) is 91.0 Å². The third-order valence-electron chi connectivity index (χ3n) is 3.96. The first-order valence-electron chi connectivity index (χ1n) is 7.83. The molecule has 0 spiro atoms. The number of likely N-dealkylation sites (N-methyl/N-ethyl adjacent to an activating group) is 1. The Hall–Kier alpha value is -2.45. The van der Waals surface area contributed by atoms with E-state index in [2.05, 4.69) is 10.6 Å². The van der Waals surface area contributed by atoms with Gasteiger partial charge in [-0.3, -0.25) is 9.59 Å². The molecule has 128 valence electrons. The van der Waals surface area contributed by atoms with Crippen LogP contribution in [-0.4, -0.2) is 62.1 Å². The zero-order valence-electron chi connectivity index (χ0n) is 13.4. The van der Waals surface area contributed by atoms with E-state index < -0.39 is 0 Å². The van der Waals surface area contributed by atoms with Crippen molar-refractivity contribution in [2.75, 3.05) is 43.6 Å². The minimum absolute atomic E-state index is 0.00248.